The summed E-state index contributed by atoms with van der Waals surface area (Å²) in [5, 5.41) is 2.96. The minimum Gasteiger partial charge on any atom is -0.316 e. The molecular formula is C14H15FN2. The molecule has 1 aromatic heterocycles. The van der Waals surface area contributed by atoms with E-state index in [1.165, 1.54) is 6.07 Å². The molecule has 0 saturated carbocycles. The number of aromatic nitrogens is 1. The number of nitrogens with zero attached hydrogens (tertiary/aromatic N) is 1. The molecule has 0 aliphatic rings. The van der Waals surface area contributed by atoms with Crippen LogP contribution in [0.4, 0.5) is 4.39 Å². The summed E-state index contributed by atoms with van der Waals surface area (Å²) in [6.07, 6.45) is 3.60. The molecule has 0 radical (unpaired) electrons. The van der Waals surface area contributed by atoms with E-state index in [1.54, 1.807) is 19.3 Å². The van der Waals surface area contributed by atoms with Gasteiger partial charge in [0, 0.05) is 30.1 Å². The summed E-state index contributed by atoms with van der Waals surface area (Å²) in [4.78, 5) is 4.15. The van der Waals surface area contributed by atoms with Gasteiger partial charge in [0.25, 0.3) is 0 Å². The molecule has 2 nitrogen and oxygen atoms in total. The molecule has 1 heterocycles. The molecule has 0 amide bonds. The van der Waals surface area contributed by atoms with E-state index in [-0.39, 0.29) is 5.82 Å². The van der Waals surface area contributed by atoms with Crippen LogP contribution in [0, 0.1) is 12.7 Å². The highest BCUT2D eigenvalue weighted by molar-refractivity contribution is 5.63. The van der Waals surface area contributed by atoms with Gasteiger partial charge in [-0.2, -0.15) is 0 Å². The molecule has 2 aromatic rings. The van der Waals surface area contributed by atoms with Crippen LogP contribution in [0.5, 0.6) is 0 Å². The van der Waals surface area contributed by atoms with Crippen molar-refractivity contribution in [3.63, 3.8) is 0 Å². The zero-order chi connectivity index (χ0) is 12.3. The zero-order valence-corrected chi connectivity index (χ0v) is 10.00. The summed E-state index contributed by atoms with van der Waals surface area (Å²) in [5.41, 5.74) is 3.78. The number of aryl methyl sites for hydroxylation is 1. The maximum absolute atomic E-state index is 13.5. The minimum atomic E-state index is -0.177. The van der Waals surface area contributed by atoms with Crippen molar-refractivity contribution in [2.75, 3.05) is 7.05 Å². The average Bonchev–Trinajstić information content (AvgIpc) is 2.32. The molecule has 2 rings (SSSR count). The first-order valence-corrected chi connectivity index (χ1v) is 5.56. The molecule has 0 fully saturated rings. The Morgan fingerprint density at radius 1 is 1.18 bits per heavy atom. The number of nitrogens with one attached hydrogen (secondary N) is 1. The summed E-state index contributed by atoms with van der Waals surface area (Å²) in [5.74, 6) is -0.177. The molecule has 0 spiro atoms. The van der Waals surface area contributed by atoms with Crippen LogP contribution in [0.2, 0.25) is 0 Å². The molecule has 0 saturated heterocycles. The number of benzene rings is 1. The summed E-state index contributed by atoms with van der Waals surface area (Å²) in [6.45, 7) is 2.52. The fraction of sp³-hybridized carbons (Fsp3) is 0.214. The van der Waals surface area contributed by atoms with Crippen molar-refractivity contribution in [3.05, 3.63) is 53.6 Å². The maximum atomic E-state index is 13.5. The van der Waals surface area contributed by atoms with Crippen LogP contribution in [0.15, 0.2) is 36.7 Å². The third kappa shape index (κ3) is 2.68. The Bertz CT molecular complexity index is 523. The van der Waals surface area contributed by atoms with Gasteiger partial charge < -0.3 is 5.32 Å². The van der Waals surface area contributed by atoms with E-state index in [0.717, 1.165) is 16.7 Å². The van der Waals surface area contributed by atoms with Gasteiger partial charge in [-0.15, -0.1) is 0 Å². The van der Waals surface area contributed by atoms with Gasteiger partial charge in [0.1, 0.15) is 5.82 Å². The number of pyridine rings is 1. The molecular weight excluding hydrogens is 215 g/mol. The number of halogens is 1. The Morgan fingerprint density at radius 2 is 2.00 bits per heavy atom. The molecule has 0 atom stereocenters. The van der Waals surface area contributed by atoms with Gasteiger partial charge in [-0.05, 0) is 43.3 Å². The molecule has 0 unspecified atom stereocenters. The number of hydrogen-bond donors (Lipinski definition) is 1. The van der Waals surface area contributed by atoms with Gasteiger partial charge in [-0.1, -0.05) is 6.07 Å². The first-order chi connectivity index (χ1) is 8.20. The van der Waals surface area contributed by atoms with E-state index < -0.39 is 0 Å². The topological polar surface area (TPSA) is 24.9 Å². The Balaban J connectivity index is 2.42. The third-order valence-corrected chi connectivity index (χ3v) is 2.62. The van der Waals surface area contributed by atoms with E-state index in [2.05, 4.69) is 10.3 Å². The normalized spacial score (nSPS) is 10.5. The van der Waals surface area contributed by atoms with Gasteiger partial charge in [0.2, 0.25) is 0 Å². The third-order valence-electron chi connectivity index (χ3n) is 2.62. The van der Waals surface area contributed by atoms with Crippen LogP contribution in [0.3, 0.4) is 0 Å². The van der Waals surface area contributed by atoms with Crippen LogP contribution in [-0.2, 0) is 6.54 Å². The second kappa shape index (κ2) is 5.06. The highest BCUT2D eigenvalue weighted by Gasteiger charge is 2.05. The zero-order valence-electron chi connectivity index (χ0n) is 10.00. The lowest BCUT2D eigenvalue weighted by atomic mass is 10.0. The predicted octanol–water partition coefficient (Wildman–Crippen LogP) is 2.92. The molecule has 3 heteroatoms. The molecule has 88 valence electrons. The van der Waals surface area contributed by atoms with Crippen molar-refractivity contribution in [3.8, 4) is 11.1 Å². The van der Waals surface area contributed by atoms with Gasteiger partial charge in [-0.25, -0.2) is 4.39 Å². The van der Waals surface area contributed by atoms with E-state index in [0.29, 0.717) is 12.1 Å². The summed E-state index contributed by atoms with van der Waals surface area (Å²) < 4.78 is 13.5. The van der Waals surface area contributed by atoms with Crippen LogP contribution in [0.25, 0.3) is 11.1 Å². The Kier molecular flexibility index (Phi) is 3.49. The number of rotatable bonds is 3. The van der Waals surface area contributed by atoms with E-state index in [9.17, 15) is 4.39 Å². The Labute approximate surface area is 101 Å². The first kappa shape index (κ1) is 11.7. The lowest BCUT2D eigenvalue weighted by molar-refractivity contribution is 0.601. The van der Waals surface area contributed by atoms with E-state index in [4.69, 9.17) is 0 Å². The standard InChI is InChI=1S/C14H15FN2/c1-10-5-12(9-17-7-10)11-3-4-14(15)13(6-11)8-16-2/h3-7,9,16H,8H2,1-2H3. The molecule has 0 bridgehead atoms. The number of hydrogen-bond acceptors (Lipinski definition) is 2. The van der Waals surface area contributed by atoms with Crippen molar-refractivity contribution in [1.82, 2.24) is 10.3 Å². The lowest BCUT2D eigenvalue weighted by Gasteiger charge is -2.07. The second-order valence-corrected chi connectivity index (χ2v) is 4.09. The van der Waals surface area contributed by atoms with Crippen molar-refractivity contribution < 1.29 is 4.39 Å². The van der Waals surface area contributed by atoms with E-state index in [1.807, 2.05) is 25.3 Å². The SMILES string of the molecule is CNCc1cc(-c2cncc(C)c2)ccc1F. The molecule has 1 N–H and O–H groups in total. The fourth-order valence-electron chi connectivity index (χ4n) is 1.79. The van der Waals surface area contributed by atoms with Crippen molar-refractivity contribution in [2.45, 2.75) is 13.5 Å². The first-order valence-electron chi connectivity index (χ1n) is 5.56. The van der Waals surface area contributed by atoms with Gasteiger partial charge in [0.15, 0.2) is 0 Å². The maximum Gasteiger partial charge on any atom is 0.127 e. The van der Waals surface area contributed by atoms with Crippen LogP contribution in [-0.4, -0.2) is 12.0 Å². The van der Waals surface area contributed by atoms with Crippen molar-refractivity contribution in [2.24, 2.45) is 0 Å². The minimum absolute atomic E-state index is 0.177. The largest absolute Gasteiger partial charge is 0.316 e. The smallest absolute Gasteiger partial charge is 0.127 e. The quantitative estimate of drug-likeness (QED) is 0.877. The lowest BCUT2D eigenvalue weighted by Crippen LogP contribution is -2.07. The highest BCUT2D eigenvalue weighted by Crippen LogP contribution is 2.22. The second-order valence-electron chi connectivity index (χ2n) is 4.09. The van der Waals surface area contributed by atoms with Gasteiger partial charge in [-0.3, -0.25) is 4.98 Å². The Morgan fingerprint density at radius 3 is 2.71 bits per heavy atom. The van der Waals surface area contributed by atoms with Crippen LogP contribution >= 0.6 is 0 Å². The summed E-state index contributed by atoms with van der Waals surface area (Å²) >= 11 is 0. The summed E-state index contributed by atoms with van der Waals surface area (Å²) in [6, 6.07) is 7.20. The fourth-order valence-corrected chi connectivity index (χ4v) is 1.79. The highest BCUT2D eigenvalue weighted by atomic mass is 19.1. The predicted molar refractivity (Wildman–Crippen MR) is 67.1 cm³/mol. The van der Waals surface area contributed by atoms with Crippen LogP contribution in [0.1, 0.15) is 11.1 Å². The van der Waals surface area contributed by atoms with Gasteiger partial charge in [0.05, 0.1) is 0 Å². The Hall–Kier alpha value is -1.74. The van der Waals surface area contributed by atoms with Gasteiger partial charge >= 0.3 is 0 Å². The molecule has 0 aliphatic heterocycles. The molecule has 0 aliphatic carbocycles. The van der Waals surface area contributed by atoms with Crippen LogP contribution < -0.4 is 5.32 Å². The van der Waals surface area contributed by atoms with E-state index >= 15 is 0 Å². The van der Waals surface area contributed by atoms with Crippen molar-refractivity contribution >= 4 is 0 Å². The molecule has 17 heavy (non-hydrogen) atoms. The monoisotopic (exact) mass is 230 g/mol. The average molecular weight is 230 g/mol. The van der Waals surface area contributed by atoms with Crippen molar-refractivity contribution in [1.29, 1.82) is 0 Å². The molecule has 1 aromatic carbocycles. The summed E-state index contributed by atoms with van der Waals surface area (Å²) in [7, 11) is 1.81.